The molecule has 2 aromatic rings. The number of sulfonamides is 1. The Morgan fingerprint density at radius 1 is 1.43 bits per heavy atom. The molecule has 0 radical (unpaired) electrons. The quantitative estimate of drug-likeness (QED) is 0.918. The van der Waals surface area contributed by atoms with E-state index in [0.717, 1.165) is 22.8 Å². The van der Waals surface area contributed by atoms with Gasteiger partial charge in [-0.2, -0.15) is 0 Å². The molecule has 0 unspecified atom stereocenters. The lowest BCUT2D eigenvalue weighted by atomic mass is 10.3. The van der Waals surface area contributed by atoms with Gasteiger partial charge in [-0.3, -0.25) is 0 Å². The molecule has 7 heteroatoms. The molecule has 0 bridgehead atoms. The number of aromatic nitrogens is 2. The first-order valence-corrected chi connectivity index (χ1v) is 9.23. The minimum absolute atomic E-state index is 0.0832. The molecule has 5 nitrogen and oxygen atoms in total. The highest BCUT2D eigenvalue weighted by Crippen LogP contribution is 2.29. The van der Waals surface area contributed by atoms with Crippen molar-refractivity contribution in [2.24, 2.45) is 7.05 Å². The van der Waals surface area contributed by atoms with E-state index in [9.17, 15) is 8.42 Å². The summed E-state index contributed by atoms with van der Waals surface area (Å²) in [5, 5.41) is 2.80. The van der Waals surface area contributed by atoms with Crippen LogP contribution in [0.25, 0.3) is 10.7 Å². The molecule has 0 saturated heterocycles. The summed E-state index contributed by atoms with van der Waals surface area (Å²) in [6, 6.07) is 1.62. The van der Waals surface area contributed by atoms with E-state index < -0.39 is 10.0 Å². The van der Waals surface area contributed by atoms with Gasteiger partial charge in [-0.15, -0.1) is 11.3 Å². The standard InChI is InChI=1S/C14H21N3O2S2/c1-6-9(2)16-21(18,19)13-7-12(17(5)11(13)4)14-15-10(3)8-20-14/h7-9,16H,6H2,1-5H3/t9-/m1/s1. The molecule has 0 amide bonds. The molecular formula is C14H21N3O2S2. The van der Waals surface area contributed by atoms with Gasteiger partial charge in [-0.05, 0) is 33.3 Å². The Labute approximate surface area is 130 Å². The average Bonchev–Trinajstić information content (AvgIpc) is 2.95. The number of rotatable bonds is 5. The maximum absolute atomic E-state index is 12.5. The maximum Gasteiger partial charge on any atom is 0.242 e. The maximum atomic E-state index is 12.5. The summed E-state index contributed by atoms with van der Waals surface area (Å²) >= 11 is 1.52. The van der Waals surface area contributed by atoms with E-state index in [1.165, 1.54) is 11.3 Å². The molecule has 2 rings (SSSR count). The molecule has 0 saturated carbocycles. The first-order valence-electron chi connectivity index (χ1n) is 6.87. The summed E-state index contributed by atoms with van der Waals surface area (Å²) in [7, 11) is -1.63. The fraction of sp³-hybridized carbons (Fsp3) is 0.500. The number of nitrogens with zero attached hydrogens (tertiary/aromatic N) is 2. The summed E-state index contributed by atoms with van der Waals surface area (Å²) in [4.78, 5) is 4.76. The van der Waals surface area contributed by atoms with Crippen LogP contribution in [0.3, 0.4) is 0 Å². The monoisotopic (exact) mass is 327 g/mol. The Morgan fingerprint density at radius 3 is 2.62 bits per heavy atom. The number of hydrogen-bond acceptors (Lipinski definition) is 4. The van der Waals surface area contributed by atoms with Crippen molar-refractivity contribution in [3.05, 3.63) is 22.8 Å². The first-order chi connectivity index (χ1) is 9.76. The molecule has 21 heavy (non-hydrogen) atoms. The van der Waals surface area contributed by atoms with Gasteiger partial charge in [0.1, 0.15) is 9.90 Å². The van der Waals surface area contributed by atoms with Crippen molar-refractivity contribution in [2.75, 3.05) is 0 Å². The lowest BCUT2D eigenvalue weighted by molar-refractivity contribution is 0.555. The lowest BCUT2D eigenvalue weighted by Crippen LogP contribution is -2.32. The molecular weight excluding hydrogens is 306 g/mol. The summed E-state index contributed by atoms with van der Waals surface area (Å²) in [6.45, 7) is 7.56. The minimum atomic E-state index is -3.50. The van der Waals surface area contributed by atoms with E-state index in [2.05, 4.69) is 9.71 Å². The highest BCUT2D eigenvalue weighted by molar-refractivity contribution is 7.89. The number of nitrogens with one attached hydrogen (secondary N) is 1. The van der Waals surface area contributed by atoms with Crippen LogP contribution < -0.4 is 4.72 Å². The van der Waals surface area contributed by atoms with Crippen LogP contribution in [0, 0.1) is 13.8 Å². The van der Waals surface area contributed by atoms with E-state index in [0.29, 0.717) is 10.6 Å². The molecule has 1 N–H and O–H groups in total. The predicted octanol–water partition coefficient (Wildman–Crippen LogP) is 2.84. The number of hydrogen-bond donors (Lipinski definition) is 1. The van der Waals surface area contributed by atoms with Crippen LogP contribution in [0.5, 0.6) is 0 Å². The lowest BCUT2D eigenvalue weighted by Gasteiger charge is -2.11. The molecule has 0 aliphatic heterocycles. The van der Waals surface area contributed by atoms with Crippen molar-refractivity contribution in [2.45, 2.75) is 45.1 Å². The van der Waals surface area contributed by atoms with Crippen LogP contribution in [0.2, 0.25) is 0 Å². The van der Waals surface area contributed by atoms with Crippen LogP contribution >= 0.6 is 11.3 Å². The van der Waals surface area contributed by atoms with Crippen molar-refractivity contribution < 1.29 is 8.42 Å². The first kappa shape index (κ1) is 16.2. The normalized spacial score (nSPS) is 13.6. The topological polar surface area (TPSA) is 64.0 Å². The SMILES string of the molecule is CC[C@@H](C)NS(=O)(=O)c1cc(-c2nc(C)cs2)n(C)c1C. The van der Waals surface area contributed by atoms with Crippen LogP contribution in [-0.2, 0) is 17.1 Å². The molecule has 0 aromatic carbocycles. The van der Waals surface area contributed by atoms with Crippen LogP contribution in [0.15, 0.2) is 16.3 Å². The second kappa shape index (κ2) is 5.90. The summed E-state index contributed by atoms with van der Waals surface area (Å²) < 4.78 is 29.5. The molecule has 0 aliphatic rings. The summed E-state index contributed by atoms with van der Waals surface area (Å²) in [5.41, 5.74) is 2.49. The third-order valence-electron chi connectivity index (χ3n) is 3.59. The van der Waals surface area contributed by atoms with Gasteiger partial charge in [-0.25, -0.2) is 18.1 Å². The summed E-state index contributed by atoms with van der Waals surface area (Å²) in [5.74, 6) is 0. The minimum Gasteiger partial charge on any atom is -0.345 e. The molecule has 2 aromatic heterocycles. The highest BCUT2D eigenvalue weighted by atomic mass is 32.2. The number of aryl methyl sites for hydroxylation is 1. The Balaban J connectivity index is 2.48. The van der Waals surface area contributed by atoms with Crippen molar-refractivity contribution in [1.82, 2.24) is 14.3 Å². The number of thiazole rings is 1. The van der Waals surface area contributed by atoms with Crippen molar-refractivity contribution in [3.63, 3.8) is 0 Å². The third-order valence-corrected chi connectivity index (χ3v) is 6.27. The molecule has 0 spiro atoms. The smallest absolute Gasteiger partial charge is 0.242 e. The van der Waals surface area contributed by atoms with Gasteiger partial charge in [0.05, 0.1) is 5.69 Å². The van der Waals surface area contributed by atoms with Crippen LogP contribution in [0.1, 0.15) is 31.7 Å². The Hall–Kier alpha value is -1.18. The fourth-order valence-corrected chi connectivity index (χ4v) is 4.50. The Kier molecular flexibility index (Phi) is 4.55. The molecule has 0 aliphatic carbocycles. The molecule has 1 atom stereocenters. The van der Waals surface area contributed by atoms with Gasteiger partial charge < -0.3 is 4.57 Å². The highest BCUT2D eigenvalue weighted by Gasteiger charge is 2.24. The van der Waals surface area contributed by atoms with Gasteiger partial charge >= 0.3 is 0 Å². The van der Waals surface area contributed by atoms with Gasteiger partial charge in [0.25, 0.3) is 0 Å². The zero-order valence-corrected chi connectivity index (χ0v) is 14.6. The molecule has 2 heterocycles. The average molecular weight is 327 g/mol. The van der Waals surface area contributed by atoms with E-state index in [1.807, 2.05) is 44.7 Å². The van der Waals surface area contributed by atoms with Crippen molar-refractivity contribution in [3.8, 4) is 10.7 Å². The fourth-order valence-electron chi connectivity index (χ4n) is 2.03. The Morgan fingerprint density at radius 2 is 2.10 bits per heavy atom. The zero-order valence-electron chi connectivity index (χ0n) is 13.0. The largest absolute Gasteiger partial charge is 0.345 e. The summed E-state index contributed by atoms with van der Waals surface area (Å²) in [6.07, 6.45) is 0.754. The van der Waals surface area contributed by atoms with E-state index >= 15 is 0 Å². The zero-order chi connectivity index (χ0) is 15.8. The van der Waals surface area contributed by atoms with Gasteiger partial charge in [-0.1, -0.05) is 6.92 Å². The second-order valence-electron chi connectivity index (χ2n) is 5.26. The Bertz CT molecular complexity index is 744. The predicted molar refractivity (Wildman–Crippen MR) is 86.1 cm³/mol. The molecule has 116 valence electrons. The van der Waals surface area contributed by atoms with Gasteiger partial charge in [0.2, 0.25) is 10.0 Å². The van der Waals surface area contributed by atoms with Gasteiger partial charge in [0.15, 0.2) is 0 Å². The third kappa shape index (κ3) is 3.20. The van der Waals surface area contributed by atoms with Gasteiger partial charge in [0, 0.05) is 29.9 Å². The van der Waals surface area contributed by atoms with E-state index in [4.69, 9.17) is 0 Å². The molecule has 0 fully saturated rings. The van der Waals surface area contributed by atoms with Crippen molar-refractivity contribution in [1.29, 1.82) is 0 Å². The van der Waals surface area contributed by atoms with Crippen molar-refractivity contribution >= 4 is 21.4 Å². The second-order valence-corrected chi connectivity index (χ2v) is 7.80. The van der Waals surface area contributed by atoms with E-state index in [1.54, 1.807) is 6.07 Å². The van der Waals surface area contributed by atoms with Crippen LogP contribution in [0.4, 0.5) is 0 Å². The van der Waals surface area contributed by atoms with E-state index in [-0.39, 0.29) is 6.04 Å². The van der Waals surface area contributed by atoms with Crippen LogP contribution in [-0.4, -0.2) is 24.0 Å².